The van der Waals surface area contributed by atoms with E-state index in [0.29, 0.717) is 0 Å². The number of carboxylic acid groups (broad SMARTS) is 1. The Kier molecular flexibility index (Phi) is 3.45. The van der Waals surface area contributed by atoms with Crippen LogP contribution in [-0.4, -0.2) is 29.6 Å². The Morgan fingerprint density at radius 1 is 1.35 bits per heavy atom. The molecule has 0 saturated carbocycles. The molecule has 2 rings (SSSR count). The van der Waals surface area contributed by atoms with Crippen molar-refractivity contribution < 1.29 is 22.8 Å². The molecule has 106 valence electrons. The number of sulfonamides is 1. The number of carboxylic acids is 1. The number of hydrogen-bond acceptors (Lipinski definition) is 6. The predicted octanol–water partition coefficient (Wildman–Crippen LogP) is 1.19. The van der Waals surface area contributed by atoms with Crippen LogP contribution < -0.4 is 4.72 Å². The van der Waals surface area contributed by atoms with Gasteiger partial charge in [0.2, 0.25) is 0 Å². The lowest BCUT2D eigenvalue weighted by molar-refractivity contribution is 0.0696. The molecule has 20 heavy (non-hydrogen) atoms. The number of rotatable bonds is 4. The topological polar surface area (TPSA) is 122 Å². The van der Waals surface area contributed by atoms with Crippen LogP contribution in [0.15, 0.2) is 27.6 Å². The van der Waals surface area contributed by atoms with E-state index in [2.05, 4.69) is 19.4 Å². The average Bonchev–Trinajstić information content (AvgIpc) is 2.73. The minimum atomic E-state index is -4.00. The summed E-state index contributed by atoms with van der Waals surface area (Å²) in [7, 11) is -4.00. The number of anilines is 1. The Hall–Kier alpha value is -2.42. The van der Waals surface area contributed by atoms with Crippen LogP contribution in [0.2, 0.25) is 0 Å². The number of aromatic nitrogens is 2. The van der Waals surface area contributed by atoms with Crippen LogP contribution in [0.1, 0.15) is 21.7 Å². The summed E-state index contributed by atoms with van der Waals surface area (Å²) in [5, 5.41) is 12.4. The van der Waals surface area contributed by atoms with Crippen LogP contribution in [0.25, 0.3) is 0 Å². The molecule has 0 fully saturated rings. The Bertz CT molecular complexity index is 766. The summed E-state index contributed by atoms with van der Waals surface area (Å²) in [6.45, 7) is 2.95. The predicted molar refractivity (Wildman–Crippen MR) is 68.0 cm³/mol. The fourth-order valence-corrected chi connectivity index (χ4v) is 2.84. The first kappa shape index (κ1) is 14.0. The van der Waals surface area contributed by atoms with Crippen LogP contribution in [-0.2, 0) is 10.0 Å². The standard InChI is InChI=1S/C11H11N3O5S/c1-6-8(10(15)16)4-3-5-9(6)20(17,18)14-11-12-7(2)13-19-11/h3-5H,1-2H3,(H,15,16)(H,12,13,14). The smallest absolute Gasteiger partial charge is 0.335 e. The Balaban J connectivity index is 2.44. The fourth-order valence-electron chi connectivity index (χ4n) is 1.65. The zero-order valence-corrected chi connectivity index (χ0v) is 11.4. The maximum absolute atomic E-state index is 12.2. The van der Waals surface area contributed by atoms with Gasteiger partial charge in [-0.1, -0.05) is 11.2 Å². The van der Waals surface area contributed by atoms with E-state index in [1.807, 2.05) is 0 Å². The van der Waals surface area contributed by atoms with Crippen molar-refractivity contribution in [2.75, 3.05) is 4.72 Å². The zero-order valence-electron chi connectivity index (χ0n) is 10.6. The Morgan fingerprint density at radius 2 is 2.05 bits per heavy atom. The minimum absolute atomic E-state index is 0.0883. The van der Waals surface area contributed by atoms with Crippen molar-refractivity contribution in [3.05, 3.63) is 35.2 Å². The largest absolute Gasteiger partial charge is 0.478 e. The van der Waals surface area contributed by atoms with Gasteiger partial charge in [0.15, 0.2) is 5.82 Å². The van der Waals surface area contributed by atoms with Crippen molar-refractivity contribution in [2.45, 2.75) is 18.7 Å². The molecule has 0 aliphatic carbocycles. The van der Waals surface area contributed by atoms with E-state index >= 15 is 0 Å². The lowest BCUT2D eigenvalue weighted by Gasteiger charge is -2.09. The summed E-state index contributed by atoms with van der Waals surface area (Å²) in [5.74, 6) is -0.924. The quantitative estimate of drug-likeness (QED) is 0.868. The van der Waals surface area contributed by atoms with Crippen molar-refractivity contribution in [3.8, 4) is 0 Å². The van der Waals surface area contributed by atoms with Gasteiger partial charge in [0, 0.05) is 0 Å². The molecule has 2 N–H and O–H groups in total. The Labute approximate surface area is 114 Å². The van der Waals surface area contributed by atoms with E-state index in [4.69, 9.17) is 5.11 Å². The molecule has 1 aromatic carbocycles. The normalized spacial score (nSPS) is 11.3. The van der Waals surface area contributed by atoms with E-state index in [-0.39, 0.29) is 27.9 Å². The minimum Gasteiger partial charge on any atom is -0.478 e. The number of hydrogen-bond donors (Lipinski definition) is 2. The van der Waals surface area contributed by atoms with Crippen molar-refractivity contribution in [1.29, 1.82) is 0 Å². The average molecular weight is 297 g/mol. The first-order valence-electron chi connectivity index (χ1n) is 5.47. The molecule has 0 bridgehead atoms. The molecule has 1 heterocycles. The second-order valence-electron chi connectivity index (χ2n) is 3.99. The van der Waals surface area contributed by atoms with E-state index in [9.17, 15) is 13.2 Å². The highest BCUT2D eigenvalue weighted by molar-refractivity contribution is 7.92. The third kappa shape index (κ3) is 2.62. The van der Waals surface area contributed by atoms with E-state index < -0.39 is 16.0 Å². The number of nitrogens with zero attached hydrogens (tertiary/aromatic N) is 2. The molecule has 0 spiro atoms. The number of nitrogens with one attached hydrogen (secondary N) is 1. The summed E-state index contributed by atoms with van der Waals surface area (Å²) in [6, 6.07) is 3.70. The van der Waals surface area contributed by atoms with E-state index in [1.54, 1.807) is 0 Å². The summed E-state index contributed by atoms with van der Waals surface area (Å²) >= 11 is 0. The molecule has 8 nitrogen and oxygen atoms in total. The van der Waals surface area contributed by atoms with Gasteiger partial charge in [-0.05, 0) is 31.5 Å². The van der Waals surface area contributed by atoms with Crippen LogP contribution in [0.4, 0.5) is 6.01 Å². The maximum atomic E-state index is 12.2. The zero-order chi connectivity index (χ0) is 14.9. The van der Waals surface area contributed by atoms with Gasteiger partial charge in [-0.15, -0.1) is 0 Å². The van der Waals surface area contributed by atoms with Crippen LogP contribution in [0.5, 0.6) is 0 Å². The molecule has 0 radical (unpaired) electrons. The van der Waals surface area contributed by atoms with Gasteiger partial charge in [0.1, 0.15) is 0 Å². The highest BCUT2D eigenvalue weighted by atomic mass is 32.2. The van der Waals surface area contributed by atoms with Crippen molar-refractivity contribution in [3.63, 3.8) is 0 Å². The maximum Gasteiger partial charge on any atom is 0.335 e. The van der Waals surface area contributed by atoms with Gasteiger partial charge in [-0.3, -0.25) is 0 Å². The highest BCUT2D eigenvalue weighted by Crippen LogP contribution is 2.21. The lowest BCUT2D eigenvalue weighted by Crippen LogP contribution is -2.16. The molecule has 2 aromatic rings. The number of carbonyl (C=O) groups is 1. The number of aryl methyl sites for hydroxylation is 1. The van der Waals surface area contributed by atoms with Gasteiger partial charge >= 0.3 is 12.0 Å². The van der Waals surface area contributed by atoms with Gasteiger partial charge < -0.3 is 9.63 Å². The molecular weight excluding hydrogens is 286 g/mol. The molecule has 0 atom stereocenters. The molecule has 0 aliphatic rings. The first-order valence-corrected chi connectivity index (χ1v) is 6.95. The summed E-state index contributed by atoms with van der Waals surface area (Å²) in [5.41, 5.74) is 0.0401. The molecule has 0 amide bonds. The highest BCUT2D eigenvalue weighted by Gasteiger charge is 2.22. The second-order valence-corrected chi connectivity index (χ2v) is 5.64. The molecule has 9 heteroatoms. The number of aromatic carboxylic acids is 1. The first-order chi connectivity index (χ1) is 9.31. The van der Waals surface area contributed by atoms with Crippen molar-refractivity contribution in [2.24, 2.45) is 0 Å². The van der Waals surface area contributed by atoms with Crippen LogP contribution >= 0.6 is 0 Å². The Morgan fingerprint density at radius 3 is 2.60 bits per heavy atom. The van der Waals surface area contributed by atoms with E-state index in [1.165, 1.54) is 32.0 Å². The summed E-state index contributed by atoms with van der Waals surface area (Å²) in [4.78, 5) is 14.6. The molecule has 1 aromatic heterocycles. The SMILES string of the molecule is Cc1noc(NS(=O)(=O)c2cccc(C(=O)O)c2C)n1. The van der Waals surface area contributed by atoms with Crippen LogP contribution in [0.3, 0.4) is 0 Å². The summed E-state index contributed by atoms with van der Waals surface area (Å²) in [6.07, 6.45) is 0. The van der Waals surface area contributed by atoms with Gasteiger partial charge in [0.05, 0.1) is 10.5 Å². The van der Waals surface area contributed by atoms with Crippen molar-refractivity contribution in [1.82, 2.24) is 10.1 Å². The second kappa shape index (κ2) is 4.93. The number of benzene rings is 1. The fraction of sp³-hybridized carbons (Fsp3) is 0.182. The third-order valence-corrected chi connectivity index (χ3v) is 4.02. The van der Waals surface area contributed by atoms with Crippen LogP contribution in [0, 0.1) is 13.8 Å². The molecule has 0 saturated heterocycles. The molecule has 0 aliphatic heterocycles. The monoisotopic (exact) mass is 297 g/mol. The summed E-state index contributed by atoms with van der Waals surface area (Å²) < 4.78 is 31.1. The van der Waals surface area contributed by atoms with Gasteiger partial charge in [-0.2, -0.15) is 4.98 Å². The molecular formula is C11H11N3O5S. The van der Waals surface area contributed by atoms with E-state index in [0.717, 1.165) is 0 Å². The lowest BCUT2D eigenvalue weighted by atomic mass is 10.1. The van der Waals surface area contributed by atoms with Gasteiger partial charge in [0.25, 0.3) is 10.0 Å². The van der Waals surface area contributed by atoms with Gasteiger partial charge in [-0.25, -0.2) is 17.9 Å². The molecule has 0 unspecified atom stereocenters. The third-order valence-electron chi connectivity index (χ3n) is 2.55. The van der Waals surface area contributed by atoms with Crippen molar-refractivity contribution >= 4 is 22.0 Å².